The van der Waals surface area contributed by atoms with Crippen molar-refractivity contribution in [1.82, 2.24) is 18.9 Å². The number of halogens is 1. The molecule has 136 valence electrons. The van der Waals surface area contributed by atoms with Crippen molar-refractivity contribution in [2.45, 2.75) is 26.8 Å². The molecule has 1 aromatic carbocycles. The molecular formula is C20H17BrN4O2. The Labute approximate surface area is 163 Å². The summed E-state index contributed by atoms with van der Waals surface area (Å²) in [5.41, 5.74) is 1.69. The van der Waals surface area contributed by atoms with E-state index in [1.807, 2.05) is 32.0 Å². The Morgan fingerprint density at radius 1 is 1.19 bits per heavy atom. The number of carbonyl (C=O) groups is 1. The van der Waals surface area contributed by atoms with Crippen molar-refractivity contribution in [3.8, 4) is 0 Å². The van der Waals surface area contributed by atoms with Gasteiger partial charge < -0.3 is 0 Å². The predicted molar refractivity (Wildman–Crippen MR) is 107 cm³/mol. The first kappa shape index (κ1) is 17.6. The van der Waals surface area contributed by atoms with Crippen molar-refractivity contribution < 1.29 is 4.79 Å². The number of benzene rings is 1. The highest BCUT2D eigenvalue weighted by molar-refractivity contribution is 9.10. The number of fused-ring (bicyclic) bond motifs is 2. The number of hydrogen-bond donors (Lipinski definition) is 0. The zero-order chi connectivity index (χ0) is 19.1. The number of aryl methyl sites for hydroxylation is 1. The highest BCUT2D eigenvalue weighted by atomic mass is 79.9. The van der Waals surface area contributed by atoms with Crippen LogP contribution in [0.15, 0.2) is 52.0 Å². The Kier molecular flexibility index (Phi) is 4.39. The summed E-state index contributed by atoms with van der Waals surface area (Å²) >= 11 is 3.40. The molecule has 4 aromatic rings. The summed E-state index contributed by atoms with van der Waals surface area (Å²) in [5, 5.41) is 0.444. The van der Waals surface area contributed by atoms with Gasteiger partial charge in [0.2, 0.25) is 5.78 Å². The van der Waals surface area contributed by atoms with Gasteiger partial charge in [0.25, 0.3) is 5.56 Å². The molecule has 0 saturated carbocycles. The van der Waals surface area contributed by atoms with E-state index in [9.17, 15) is 9.59 Å². The van der Waals surface area contributed by atoms with Crippen LogP contribution >= 0.6 is 15.9 Å². The zero-order valence-electron chi connectivity index (χ0n) is 14.9. The minimum Gasteiger partial charge on any atom is -0.296 e. The molecule has 6 nitrogen and oxygen atoms in total. The Balaban J connectivity index is 1.88. The largest absolute Gasteiger partial charge is 0.296 e. The number of hydrogen-bond acceptors (Lipinski definition) is 4. The Bertz CT molecular complexity index is 1260. The summed E-state index contributed by atoms with van der Waals surface area (Å²) < 4.78 is 3.99. The average molecular weight is 425 g/mol. The van der Waals surface area contributed by atoms with Gasteiger partial charge in [-0.15, -0.1) is 0 Å². The fraction of sp³-hybridized carbons (Fsp3) is 0.200. The van der Waals surface area contributed by atoms with Gasteiger partial charge in [0.05, 0.1) is 16.4 Å². The fourth-order valence-electron chi connectivity index (χ4n) is 3.25. The van der Waals surface area contributed by atoms with Crippen LogP contribution in [0.25, 0.3) is 16.4 Å². The van der Waals surface area contributed by atoms with Crippen LogP contribution in [-0.2, 0) is 6.54 Å². The maximum absolute atomic E-state index is 13.1. The number of rotatable bonds is 4. The van der Waals surface area contributed by atoms with E-state index < -0.39 is 0 Å². The van der Waals surface area contributed by atoms with Crippen molar-refractivity contribution >= 4 is 38.1 Å². The summed E-state index contributed by atoms with van der Waals surface area (Å²) in [6.45, 7) is 4.44. The Morgan fingerprint density at radius 3 is 2.78 bits per heavy atom. The molecule has 4 rings (SSSR count). The summed E-state index contributed by atoms with van der Waals surface area (Å²) in [6, 6.07) is 10.6. The second kappa shape index (κ2) is 6.74. The van der Waals surface area contributed by atoms with Gasteiger partial charge >= 0.3 is 0 Å². The van der Waals surface area contributed by atoms with Crippen molar-refractivity contribution in [3.05, 3.63) is 74.8 Å². The summed E-state index contributed by atoms with van der Waals surface area (Å²) in [5.74, 6) is 0.730. The first-order valence-electron chi connectivity index (χ1n) is 8.69. The van der Waals surface area contributed by atoms with Crippen LogP contribution in [0.4, 0.5) is 0 Å². The number of imidazole rings is 1. The van der Waals surface area contributed by atoms with Crippen LogP contribution in [0.2, 0.25) is 0 Å². The van der Waals surface area contributed by atoms with Gasteiger partial charge in [0.1, 0.15) is 10.4 Å². The number of carbonyl (C=O) groups excluding carboxylic acids is 1. The third-order valence-corrected chi connectivity index (χ3v) is 5.14. The fourth-order valence-corrected chi connectivity index (χ4v) is 3.74. The second-order valence-electron chi connectivity index (χ2n) is 6.36. The molecule has 0 N–H and O–H groups in total. The highest BCUT2D eigenvalue weighted by Gasteiger charge is 2.19. The molecule has 0 fully saturated rings. The lowest BCUT2D eigenvalue weighted by Gasteiger charge is -2.10. The van der Waals surface area contributed by atoms with E-state index in [1.54, 1.807) is 33.4 Å². The lowest BCUT2D eigenvalue weighted by Crippen LogP contribution is -2.24. The minimum absolute atomic E-state index is 0.122. The number of pyridine rings is 1. The number of aromatic nitrogens is 4. The first-order chi connectivity index (χ1) is 13.0. The normalized spacial score (nSPS) is 11.4. The molecule has 0 atom stereocenters. The minimum atomic E-state index is -0.245. The van der Waals surface area contributed by atoms with Gasteiger partial charge in [-0.1, -0.05) is 13.0 Å². The maximum Gasteiger partial charge on any atom is 0.261 e. The van der Waals surface area contributed by atoms with Crippen LogP contribution in [0, 0.1) is 6.92 Å². The lowest BCUT2D eigenvalue weighted by atomic mass is 10.1. The van der Waals surface area contributed by atoms with Crippen LogP contribution in [0.1, 0.15) is 35.4 Å². The van der Waals surface area contributed by atoms with E-state index in [2.05, 4.69) is 25.9 Å². The first-order valence-corrected chi connectivity index (χ1v) is 9.49. The molecule has 7 heteroatoms. The average Bonchev–Trinajstić information content (AvgIpc) is 3.01. The van der Waals surface area contributed by atoms with E-state index in [1.165, 1.54) is 0 Å². The van der Waals surface area contributed by atoms with Gasteiger partial charge in [-0.05, 0) is 59.6 Å². The number of ketones is 1. The molecule has 0 amide bonds. The van der Waals surface area contributed by atoms with Gasteiger partial charge in [-0.3, -0.25) is 18.6 Å². The molecule has 0 aliphatic carbocycles. The lowest BCUT2D eigenvalue weighted by molar-refractivity contribution is 0.102. The van der Waals surface area contributed by atoms with E-state index in [4.69, 9.17) is 0 Å². The molecule has 0 bridgehead atoms. The summed E-state index contributed by atoms with van der Waals surface area (Å²) in [4.78, 5) is 34.8. The molecule has 0 spiro atoms. The monoisotopic (exact) mass is 424 g/mol. The molecule has 0 saturated heterocycles. The van der Waals surface area contributed by atoms with Crippen LogP contribution in [-0.4, -0.2) is 24.7 Å². The van der Waals surface area contributed by atoms with E-state index in [-0.39, 0.29) is 11.3 Å². The quantitative estimate of drug-likeness (QED) is 0.467. The summed E-state index contributed by atoms with van der Waals surface area (Å²) in [6.07, 6.45) is 2.63. The van der Waals surface area contributed by atoms with Gasteiger partial charge in [-0.2, -0.15) is 0 Å². The standard InChI is InChI=1S/C20H17BrN4O2/c1-3-9-24-12(2)22-15-8-7-13(11-14(15)20(24)27)17(26)19-23-18(21)16-6-4-5-10-25(16)19/h4-8,10-11H,3,9H2,1-2H3. The molecule has 0 aliphatic rings. The van der Waals surface area contributed by atoms with Crippen molar-refractivity contribution in [2.24, 2.45) is 0 Å². The molecular weight excluding hydrogens is 408 g/mol. The zero-order valence-corrected chi connectivity index (χ0v) is 16.5. The van der Waals surface area contributed by atoms with Crippen molar-refractivity contribution in [2.75, 3.05) is 0 Å². The van der Waals surface area contributed by atoms with Crippen LogP contribution in [0.3, 0.4) is 0 Å². The van der Waals surface area contributed by atoms with E-state index >= 15 is 0 Å². The third kappa shape index (κ3) is 2.88. The topological polar surface area (TPSA) is 69.3 Å². The molecule has 27 heavy (non-hydrogen) atoms. The van der Waals surface area contributed by atoms with Crippen LogP contribution in [0.5, 0.6) is 0 Å². The molecule has 0 unspecified atom stereocenters. The molecule has 3 aromatic heterocycles. The predicted octanol–water partition coefficient (Wildman–Crippen LogP) is 3.76. The summed E-state index contributed by atoms with van der Waals surface area (Å²) in [7, 11) is 0. The van der Waals surface area contributed by atoms with Crippen molar-refractivity contribution in [3.63, 3.8) is 0 Å². The van der Waals surface area contributed by atoms with Crippen molar-refractivity contribution in [1.29, 1.82) is 0 Å². The van der Waals surface area contributed by atoms with Gasteiger partial charge in [0.15, 0.2) is 5.82 Å². The Morgan fingerprint density at radius 2 is 2.00 bits per heavy atom. The number of nitrogens with zero attached hydrogens (tertiary/aromatic N) is 4. The van der Waals surface area contributed by atoms with Crippen LogP contribution < -0.4 is 5.56 Å². The second-order valence-corrected chi connectivity index (χ2v) is 7.11. The smallest absolute Gasteiger partial charge is 0.261 e. The molecule has 0 radical (unpaired) electrons. The van der Waals surface area contributed by atoms with E-state index in [0.29, 0.717) is 39.3 Å². The van der Waals surface area contributed by atoms with E-state index in [0.717, 1.165) is 11.9 Å². The van der Waals surface area contributed by atoms with Gasteiger partial charge in [0, 0.05) is 18.3 Å². The van der Waals surface area contributed by atoms with Gasteiger partial charge in [-0.25, -0.2) is 9.97 Å². The molecule has 0 aliphatic heterocycles. The Hall–Kier alpha value is -2.80. The molecule has 3 heterocycles. The SMILES string of the molecule is CCCn1c(C)nc2ccc(C(=O)c3nc(Br)c4ccccn34)cc2c1=O. The maximum atomic E-state index is 13.1. The third-order valence-electron chi connectivity index (χ3n) is 4.56. The highest BCUT2D eigenvalue weighted by Crippen LogP contribution is 2.21.